The number of nitrogens with zero attached hydrogens (tertiary/aromatic N) is 2. The van der Waals surface area contributed by atoms with Crippen molar-refractivity contribution in [3.05, 3.63) is 0 Å². The minimum atomic E-state index is -2.24. The highest BCUT2D eigenvalue weighted by Gasteiger charge is 2.60. The van der Waals surface area contributed by atoms with Crippen molar-refractivity contribution in [2.75, 3.05) is 19.7 Å². The zero-order valence-corrected chi connectivity index (χ0v) is 20.4. The predicted octanol–water partition coefficient (Wildman–Crippen LogP) is 4.19. The summed E-state index contributed by atoms with van der Waals surface area (Å²) >= 11 is 0. The molecule has 0 bridgehead atoms. The molecule has 2 unspecified atom stereocenters. The summed E-state index contributed by atoms with van der Waals surface area (Å²) < 4.78 is 6.76. The zero-order chi connectivity index (χ0) is 22.6. The highest BCUT2D eigenvalue weighted by atomic mass is 28.3. The average molecular weight is 429 g/mol. The second kappa shape index (κ2) is 9.96. The predicted molar refractivity (Wildman–Crippen MR) is 116 cm³/mol. The number of piperidine rings is 1. The van der Waals surface area contributed by atoms with Crippen molar-refractivity contribution < 1.29 is 24.2 Å². The first-order chi connectivity index (χ1) is 13.4. The van der Waals surface area contributed by atoms with Crippen LogP contribution in [-0.2, 0) is 14.3 Å². The molecule has 0 aromatic rings. The van der Waals surface area contributed by atoms with Crippen LogP contribution in [0.5, 0.6) is 0 Å². The summed E-state index contributed by atoms with van der Waals surface area (Å²) in [6.07, 6.45) is 1.97. The minimum absolute atomic E-state index is 0.0257. The number of aliphatic carboxylic acids is 1. The molecule has 1 N–H and O–H groups in total. The van der Waals surface area contributed by atoms with Crippen LogP contribution in [0.25, 0.3) is 0 Å². The number of amides is 2. The van der Waals surface area contributed by atoms with Gasteiger partial charge in [0.1, 0.15) is 6.04 Å². The van der Waals surface area contributed by atoms with Crippen LogP contribution in [0.2, 0.25) is 18.1 Å². The number of β-lactam (4-membered cyclic amide) rings is 1. The third-order valence-electron chi connectivity index (χ3n) is 6.54. The molecule has 0 radical (unpaired) electrons. The summed E-state index contributed by atoms with van der Waals surface area (Å²) in [5, 5.41) is 9.70. The molecular formula is C21H40N2O5Si. The van der Waals surface area contributed by atoms with Crippen LogP contribution in [0.4, 0.5) is 4.79 Å². The highest BCUT2D eigenvalue weighted by molar-refractivity contribution is 6.80. The molecule has 0 spiro atoms. The molecule has 7 nitrogen and oxygen atoms in total. The van der Waals surface area contributed by atoms with Gasteiger partial charge in [-0.05, 0) is 37.1 Å². The van der Waals surface area contributed by atoms with Crippen LogP contribution in [-0.4, -0.2) is 66.5 Å². The third kappa shape index (κ3) is 5.32. The molecule has 0 saturated carbocycles. The summed E-state index contributed by atoms with van der Waals surface area (Å²) in [6, 6.07) is -0.739. The molecule has 3 atom stereocenters. The van der Waals surface area contributed by atoms with Crippen LogP contribution in [0, 0.1) is 11.8 Å². The van der Waals surface area contributed by atoms with Gasteiger partial charge in [0.15, 0.2) is 8.24 Å². The number of likely N-dealkylation sites (tertiary alicyclic amines) is 1. The molecule has 2 heterocycles. The van der Waals surface area contributed by atoms with Gasteiger partial charge in [-0.2, -0.15) is 0 Å². The lowest BCUT2D eigenvalue weighted by Gasteiger charge is -2.57. The monoisotopic (exact) mass is 428 g/mol. The Morgan fingerprint density at radius 2 is 1.83 bits per heavy atom. The summed E-state index contributed by atoms with van der Waals surface area (Å²) in [4.78, 5) is 38.6. The van der Waals surface area contributed by atoms with Crippen molar-refractivity contribution in [2.45, 2.75) is 85.0 Å². The number of carbonyl (C=O) groups is 3. The molecule has 2 aliphatic rings. The first kappa shape index (κ1) is 25.5. The standard InChI is InChI=1S/C19H34N2O5Si.C2H6/c1-7-26-18(25)20-10-8-9-13(12-20)11-14-15(17(23)24)21(16(14)22)27(5,6)19(2,3)4;1-2/h13-15H,7-12H2,1-6H3,(H,23,24);1-2H3/t13?,14-,15?;/m1./s1. The van der Waals surface area contributed by atoms with Gasteiger partial charge in [0.05, 0.1) is 12.5 Å². The number of rotatable bonds is 5. The normalized spacial score (nSPS) is 25.0. The first-order valence-electron chi connectivity index (χ1n) is 10.9. The summed E-state index contributed by atoms with van der Waals surface area (Å²) in [5.41, 5.74) is 0. The van der Waals surface area contributed by atoms with Gasteiger partial charge in [0.2, 0.25) is 5.91 Å². The number of carboxylic acids is 1. The Balaban J connectivity index is 0.00000204. The fourth-order valence-electron chi connectivity index (χ4n) is 4.04. The molecule has 8 heteroatoms. The molecule has 2 amide bonds. The van der Waals surface area contributed by atoms with E-state index < -0.39 is 26.2 Å². The molecule has 2 fully saturated rings. The Labute approximate surface area is 176 Å². The largest absolute Gasteiger partial charge is 0.480 e. The van der Waals surface area contributed by atoms with Gasteiger partial charge in [0, 0.05) is 13.1 Å². The fourth-order valence-corrected chi connectivity index (χ4v) is 6.47. The summed E-state index contributed by atoms with van der Waals surface area (Å²) in [6.45, 7) is 17.7. The Kier molecular flexibility index (Phi) is 8.74. The average Bonchev–Trinajstić information content (AvgIpc) is 2.64. The van der Waals surface area contributed by atoms with E-state index in [2.05, 4.69) is 33.9 Å². The first-order valence-corrected chi connectivity index (χ1v) is 13.8. The van der Waals surface area contributed by atoms with Gasteiger partial charge >= 0.3 is 12.1 Å². The molecule has 2 saturated heterocycles. The lowest BCUT2D eigenvalue weighted by atomic mass is 9.80. The minimum Gasteiger partial charge on any atom is -0.480 e. The Morgan fingerprint density at radius 1 is 1.24 bits per heavy atom. The van der Waals surface area contributed by atoms with Gasteiger partial charge < -0.3 is 19.3 Å². The van der Waals surface area contributed by atoms with Gasteiger partial charge in [0.25, 0.3) is 0 Å². The van der Waals surface area contributed by atoms with E-state index in [9.17, 15) is 19.5 Å². The molecule has 0 aromatic carbocycles. The number of hydrogen-bond acceptors (Lipinski definition) is 4. The third-order valence-corrected chi connectivity index (χ3v) is 11.9. The number of ether oxygens (including phenoxy) is 1. The van der Waals surface area contributed by atoms with Crippen LogP contribution >= 0.6 is 0 Å². The molecule has 168 valence electrons. The van der Waals surface area contributed by atoms with E-state index in [1.54, 1.807) is 16.4 Å². The quantitative estimate of drug-likeness (QED) is 0.524. The van der Waals surface area contributed by atoms with E-state index in [-0.39, 0.29) is 23.0 Å². The van der Waals surface area contributed by atoms with Crippen molar-refractivity contribution in [1.82, 2.24) is 9.47 Å². The second-order valence-corrected chi connectivity index (χ2v) is 14.4. The second-order valence-electron chi connectivity index (χ2n) is 9.30. The number of carbonyl (C=O) groups excluding carboxylic acids is 2. The maximum atomic E-state index is 13.0. The SMILES string of the molecule is CC.CCOC(=O)N1CCCC(C[C@H]2C(=O)N([Si](C)(C)C(C)(C)C)C2C(=O)O)C1. The van der Waals surface area contributed by atoms with Crippen molar-refractivity contribution in [2.24, 2.45) is 11.8 Å². The Hall–Kier alpha value is -1.57. The van der Waals surface area contributed by atoms with E-state index >= 15 is 0 Å². The van der Waals surface area contributed by atoms with Crippen LogP contribution in [0.1, 0.15) is 60.8 Å². The fraction of sp³-hybridized carbons (Fsp3) is 0.857. The molecular weight excluding hydrogens is 388 g/mol. The van der Waals surface area contributed by atoms with Crippen LogP contribution in [0.15, 0.2) is 0 Å². The maximum absolute atomic E-state index is 13.0. The van der Waals surface area contributed by atoms with Crippen LogP contribution < -0.4 is 0 Å². The zero-order valence-electron chi connectivity index (χ0n) is 19.4. The lowest BCUT2D eigenvalue weighted by Crippen LogP contribution is -2.75. The van der Waals surface area contributed by atoms with Crippen molar-refractivity contribution >= 4 is 26.2 Å². The Morgan fingerprint density at radius 3 is 2.31 bits per heavy atom. The molecule has 0 aliphatic carbocycles. The highest BCUT2D eigenvalue weighted by Crippen LogP contribution is 2.46. The van der Waals surface area contributed by atoms with Gasteiger partial charge in [-0.15, -0.1) is 0 Å². The maximum Gasteiger partial charge on any atom is 0.409 e. The van der Waals surface area contributed by atoms with E-state index in [1.165, 1.54) is 0 Å². The van der Waals surface area contributed by atoms with Gasteiger partial charge in [-0.25, -0.2) is 9.59 Å². The van der Waals surface area contributed by atoms with E-state index in [4.69, 9.17) is 4.74 Å². The van der Waals surface area contributed by atoms with Crippen LogP contribution in [0.3, 0.4) is 0 Å². The van der Waals surface area contributed by atoms with Gasteiger partial charge in [-0.1, -0.05) is 47.7 Å². The summed E-state index contributed by atoms with van der Waals surface area (Å²) in [5.74, 6) is -1.28. The van der Waals surface area contributed by atoms with Gasteiger partial charge in [-0.3, -0.25) is 4.79 Å². The van der Waals surface area contributed by atoms with E-state index in [1.807, 2.05) is 13.8 Å². The lowest BCUT2D eigenvalue weighted by molar-refractivity contribution is -0.165. The number of hydrogen-bond donors (Lipinski definition) is 1. The van der Waals surface area contributed by atoms with Crippen molar-refractivity contribution in [1.29, 1.82) is 0 Å². The Bertz CT molecular complexity index is 602. The topological polar surface area (TPSA) is 87.2 Å². The van der Waals surface area contributed by atoms with Crippen molar-refractivity contribution in [3.8, 4) is 0 Å². The molecule has 2 aliphatic heterocycles. The molecule has 29 heavy (non-hydrogen) atoms. The van der Waals surface area contributed by atoms with E-state index in [0.717, 1.165) is 12.8 Å². The van der Waals surface area contributed by atoms with Crippen molar-refractivity contribution in [3.63, 3.8) is 0 Å². The number of carboxylic acid groups (broad SMARTS) is 1. The smallest absolute Gasteiger partial charge is 0.409 e. The molecule has 2 rings (SSSR count). The molecule has 0 aromatic heterocycles. The summed E-state index contributed by atoms with van der Waals surface area (Å²) in [7, 11) is -2.24. The van der Waals surface area contributed by atoms with E-state index in [0.29, 0.717) is 26.1 Å².